The first-order valence-corrected chi connectivity index (χ1v) is 9.97. The van der Waals surface area contributed by atoms with Gasteiger partial charge in [-0.1, -0.05) is 24.3 Å². The highest BCUT2D eigenvalue weighted by molar-refractivity contribution is 6.46. The monoisotopic (exact) mass is 445 g/mol. The number of nitro groups is 1. The van der Waals surface area contributed by atoms with Gasteiger partial charge in [-0.15, -0.1) is 0 Å². The Morgan fingerprint density at radius 1 is 1.12 bits per heavy atom. The Labute approximate surface area is 188 Å². The molecule has 3 aromatic rings. The van der Waals surface area contributed by atoms with Gasteiger partial charge in [-0.3, -0.25) is 24.7 Å². The minimum atomic E-state index is -1.02. The van der Waals surface area contributed by atoms with Gasteiger partial charge < -0.3 is 14.7 Å². The van der Waals surface area contributed by atoms with Crippen LogP contribution >= 0.6 is 0 Å². The topological polar surface area (TPSA) is 123 Å². The zero-order chi connectivity index (χ0) is 23.5. The minimum absolute atomic E-state index is 0.0509. The Kier molecular flexibility index (Phi) is 5.86. The van der Waals surface area contributed by atoms with Crippen molar-refractivity contribution in [2.75, 3.05) is 7.11 Å². The number of pyridine rings is 1. The van der Waals surface area contributed by atoms with E-state index in [1.165, 1.54) is 36.3 Å². The van der Waals surface area contributed by atoms with Gasteiger partial charge in [0, 0.05) is 36.6 Å². The van der Waals surface area contributed by atoms with Crippen LogP contribution in [-0.2, 0) is 16.1 Å². The Hall–Kier alpha value is -4.53. The zero-order valence-electron chi connectivity index (χ0n) is 17.5. The molecule has 0 aliphatic carbocycles. The van der Waals surface area contributed by atoms with Crippen LogP contribution in [-0.4, -0.2) is 38.7 Å². The normalized spacial score (nSPS) is 17.2. The van der Waals surface area contributed by atoms with Crippen LogP contribution in [0.25, 0.3) is 5.76 Å². The lowest BCUT2D eigenvalue weighted by Gasteiger charge is -2.25. The maximum absolute atomic E-state index is 13.1. The van der Waals surface area contributed by atoms with Crippen molar-refractivity contribution in [3.05, 3.63) is 105 Å². The van der Waals surface area contributed by atoms with Gasteiger partial charge in [0.05, 0.1) is 23.6 Å². The molecule has 166 valence electrons. The molecule has 1 aromatic heterocycles. The van der Waals surface area contributed by atoms with Gasteiger partial charge in [0.2, 0.25) is 0 Å². The highest BCUT2D eigenvalue weighted by atomic mass is 16.6. The number of hydrogen-bond donors (Lipinski definition) is 1. The second kappa shape index (κ2) is 8.91. The third kappa shape index (κ3) is 4.16. The lowest BCUT2D eigenvalue weighted by molar-refractivity contribution is -0.384. The lowest BCUT2D eigenvalue weighted by Crippen LogP contribution is -2.29. The maximum atomic E-state index is 13.1. The number of carbonyl (C=O) groups is 2. The average molecular weight is 445 g/mol. The van der Waals surface area contributed by atoms with Crippen LogP contribution in [0.5, 0.6) is 5.75 Å². The quantitative estimate of drug-likeness (QED) is 0.202. The summed E-state index contributed by atoms with van der Waals surface area (Å²) in [6, 6.07) is 14.5. The number of aliphatic hydroxyl groups excluding tert-OH is 1. The smallest absolute Gasteiger partial charge is 0.295 e. The minimum Gasteiger partial charge on any atom is -0.507 e. The Bertz CT molecular complexity index is 1270. The molecular weight excluding hydrogens is 426 g/mol. The van der Waals surface area contributed by atoms with Crippen molar-refractivity contribution < 1.29 is 24.4 Å². The van der Waals surface area contributed by atoms with Gasteiger partial charge in [-0.2, -0.15) is 0 Å². The van der Waals surface area contributed by atoms with Gasteiger partial charge >= 0.3 is 0 Å². The van der Waals surface area contributed by atoms with Crippen LogP contribution in [0.1, 0.15) is 22.7 Å². The highest BCUT2D eigenvalue weighted by Gasteiger charge is 2.46. The Morgan fingerprint density at radius 3 is 2.55 bits per heavy atom. The van der Waals surface area contributed by atoms with E-state index in [4.69, 9.17) is 4.74 Å². The van der Waals surface area contributed by atoms with Crippen LogP contribution in [0.2, 0.25) is 0 Å². The third-order valence-electron chi connectivity index (χ3n) is 5.38. The first-order chi connectivity index (χ1) is 15.9. The lowest BCUT2D eigenvalue weighted by atomic mass is 9.94. The van der Waals surface area contributed by atoms with Gasteiger partial charge in [-0.25, -0.2) is 0 Å². The molecule has 9 heteroatoms. The number of amides is 1. The molecule has 1 aliphatic heterocycles. The first-order valence-electron chi connectivity index (χ1n) is 9.97. The summed E-state index contributed by atoms with van der Waals surface area (Å²) in [6.45, 7) is 0.0509. The molecule has 0 bridgehead atoms. The fourth-order valence-electron chi connectivity index (χ4n) is 3.81. The number of likely N-dealkylation sites (tertiary alicyclic amines) is 1. The van der Waals surface area contributed by atoms with E-state index in [1.807, 2.05) is 0 Å². The van der Waals surface area contributed by atoms with Crippen molar-refractivity contribution in [1.82, 2.24) is 9.88 Å². The summed E-state index contributed by atoms with van der Waals surface area (Å²) in [5, 5.41) is 22.5. The molecule has 0 spiro atoms. The molecule has 9 nitrogen and oxygen atoms in total. The molecule has 2 aromatic carbocycles. The van der Waals surface area contributed by atoms with E-state index in [2.05, 4.69) is 4.98 Å². The van der Waals surface area contributed by atoms with E-state index >= 15 is 0 Å². The number of ketones is 1. The summed E-state index contributed by atoms with van der Waals surface area (Å²) in [5.74, 6) is -1.62. The molecule has 4 rings (SSSR count). The number of nitro benzene ring substituents is 1. The zero-order valence-corrected chi connectivity index (χ0v) is 17.5. The molecular formula is C24H19N3O6. The van der Waals surface area contributed by atoms with Crippen LogP contribution in [0.4, 0.5) is 5.69 Å². The van der Waals surface area contributed by atoms with E-state index < -0.39 is 22.7 Å². The van der Waals surface area contributed by atoms with E-state index in [0.29, 0.717) is 16.9 Å². The molecule has 1 saturated heterocycles. The molecule has 0 radical (unpaired) electrons. The Morgan fingerprint density at radius 2 is 1.85 bits per heavy atom. The number of rotatable bonds is 6. The number of non-ortho nitro benzene ring substituents is 1. The predicted molar refractivity (Wildman–Crippen MR) is 118 cm³/mol. The van der Waals surface area contributed by atoms with Crippen molar-refractivity contribution in [3.8, 4) is 5.75 Å². The summed E-state index contributed by atoms with van der Waals surface area (Å²) >= 11 is 0. The summed E-state index contributed by atoms with van der Waals surface area (Å²) in [7, 11) is 1.47. The molecule has 1 N–H and O–H groups in total. The summed E-state index contributed by atoms with van der Waals surface area (Å²) < 4.78 is 5.19. The molecule has 0 saturated carbocycles. The number of nitrogens with zero attached hydrogens (tertiary/aromatic N) is 3. The number of hydrogen-bond acceptors (Lipinski definition) is 7. The maximum Gasteiger partial charge on any atom is 0.295 e. The fraction of sp³-hybridized carbons (Fsp3) is 0.125. The van der Waals surface area contributed by atoms with E-state index in [1.54, 1.807) is 48.8 Å². The largest absolute Gasteiger partial charge is 0.507 e. The number of ether oxygens (including phenoxy) is 1. The number of methoxy groups -OCH3 is 1. The van der Waals surface area contributed by atoms with Crippen LogP contribution in [0.3, 0.4) is 0 Å². The number of aliphatic hydroxyl groups is 1. The molecule has 1 aliphatic rings. The number of benzene rings is 2. The van der Waals surface area contributed by atoms with Crippen LogP contribution in [0.15, 0.2) is 78.6 Å². The standard InChI is InChI=1S/C24H19N3O6/c1-33-19-7-3-5-17(13-19)22(28)20-21(16-4-2-6-18(12-16)27(31)32)26(24(30)23(20)29)14-15-8-10-25-11-9-15/h2-13,21,28H,14H2,1H3. The summed E-state index contributed by atoms with van der Waals surface area (Å²) in [6.07, 6.45) is 3.12. The molecule has 1 unspecified atom stereocenters. The van der Waals surface area contributed by atoms with Gasteiger partial charge in [0.1, 0.15) is 11.5 Å². The van der Waals surface area contributed by atoms with Crippen molar-refractivity contribution in [2.24, 2.45) is 0 Å². The third-order valence-corrected chi connectivity index (χ3v) is 5.38. The Balaban J connectivity index is 1.90. The number of carbonyl (C=O) groups excluding carboxylic acids is 2. The second-order valence-corrected chi connectivity index (χ2v) is 7.37. The first kappa shape index (κ1) is 21.7. The van der Waals surface area contributed by atoms with Crippen molar-refractivity contribution >= 4 is 23.1 Å². The highest BCUT2D eigenvalue weighted by Crippen LogP contribution is 2.41. The van der Waals surface area contributed by atoms with E-state index in [0.717, 1.165) is 0 Å². The second-order valence-electron chi connectivity index (χ2n) is 7.37. The van der Waals surface area contributed by atoms with Gasteiger partial charge in [0.15, 0.2) is 0 Å². The van der Waals surface area contributed by atoms with Gasteiger partial charge in [-0.05, 0) is 35.4 Å². The summed E-state index contributed by atoms with van der Waals surface area (Å²) in [4.78, 5) is 42.2. The molecule has 1 amide bonds. The molecule has 1 atom stereocenters. The average Bonchev–Trinajstić information content (AvgIpc) is 3.09. The van der Waals surface area contributed by atoms with E-state index in [9.17, 15) is 24.8 Å². The van der Waals surface area contributed by atoms with Crippen LogP contribution < -0.4 is 4.74 Å². The van der Waals surface area contributed by atoms with Crippen LogP contribution in [0, 0.1) is 10.1 Å². The molecule has 33 heavy (non-hydrogen) atoms. The van der Waals surface area contributed by atoms with E-state index in [-0.39, 0.29) is 29.1 Å². The number of aromatic nitrogens is 1. The summed E-state index contributed by atoms with van der Waals surface area (Å²) in [5.41, 5.74) is 0.989. The molecule has 2 heterocycles. The van der Waals surface area contributed by atoms with Gasteiger partial charge in [0.25, 0.3) is 17.4 Å². The fourth-order valence-corrected chi connectivity index (χ4v) is 3.81. The van der Waals surface area contributed by atoms with Crippen molar-refractivity contribution in [1.29, 1.82) is 0 Å². The molecule has 1 fully saturated rings. The number of Topliss-reactive ketones (excluding diaryl/α,β-unsaturated/α-hetero) is 1. The predicted octanol–water partition coefficient (Wildman–Crippen LogP) is 3.62. The SMILES string of the molecule is COc1cccc(C(O)=C2C(=O)C(=O)N(Cc3ccncc3)C2c2cccc([N+](=O)[O-])c2)c1. The van der Waals surface area contributed by atoms with Crippen molar-refractivity contribution in [3.63, 3.8) is 0 Å². The van der Waals surface area contributed by atoms with Crippen molar-refractivity contribution in [2.45, 2.75) is 12.6 Å².